The van der Waals surface area contributed by atoms with E-state index in [0.29, 0.717) is 18.3 Å². The first-order valence-electron chi connectivity index (χ1n) is 4.16. The van der Waals surface area contributed by atoms with Crippen LogP contribution < -0.4 is 0 Å². The molecule has 3 nitrogen and oxygen atoms in total. The summed E-state index contributed by atoms with van der Waals surface area (Å²) in [6.45, 7) is 0. The van der Waals surface area contributed by atoms with Gasteiger partial charge in [-0.2, -0.15) is 0 Å². The molecule has 2 heterocycles. The Morgan fingerprint density at radius 3 is 2.50 bits per heavy atom. The molecule has 1 aliphatic carbocycles. The predicted octanol–water partition coefficient (Wildman–Crippen LogP) is 0.731. The standard InChI is InChI=1S/C7H9ClO3S/c8-12(9,10)6-2-5-3-1-4(3)7(6)11-5/h3-7H,1-2H2/t3-,4+,5+,6-,7-/m1/s1. The summed E-state index contributed by atoms with van der Waals surface area (Å²) < 4.78 is 27.7. The maximum Gasteiger partial charge on any atom is 0.238 e. The average molecular weight is 209 g/mol. The molecular weight excluding hydrogens is 200 g/mol. The van der Waals surface area contributed by atoms with Crippen molar-refractivity contribution >= 4 is 19.7 Å². The molecule has 5 heteroatoms. The van der Waals surface area contributed by atoms with E-state index in [1.807, 2.05) is 0 Å². The largest absolute Gasteiger partial charge is 0.373 e. The van der Waals surface area contributed by atoms with Gasteiger partial charge < -0.3 is 4.74 Å². The Morgan fingerprint density at radius 1 is 1.25 bits per heavy atom. The molecule has 1 saturated carbocycles. The second kappa shape index (κ2) is 1.99. The fraction of sp³-hybridized carbons (Fsp3) is 1.00. The molecule has 12 heavy (non-hydrogen) atoms. The van der Waals surface area contributed by atoms with Crippen molar-refractivity contribution in [2.24, 2.45) is 11.8 Å². The summed E-state index contributed by atoms with van der Waals surface area (Å²) >= 11 is 0. The van der Waals surface area contributed by atoms with E-state index >= 15 is 0 Å². The third-order valence-electron chi connectivity index (χ3n) is 3.32. The fourth-order valence-electron chi connectivity index (χ4n) is 2.68. The van der Waals surface area contributed by atoms with Crippen LogP contribution in [-0.4, -0.2) is 25.9 Å². The molecule has 0 unspecified atom stereocenters. The van der Waals surface area contributed by atoms with Crippen molar-refractivity contribution < 1.29 is 13.2 Å². The van der Waals surface area contributed by atoms with Gasteiger partial charge in [0.2, 0.25) is 9.05 Å². The van der Waals surface area contributed by atoms with Crippen LogP contribution in [0, 0.1) is 11.8 Å². The molecule has 5 atom stereocenters. The van der Waals surface area contributed by atoms with E-state index in [1.54, 1.807) is 0 Å². The Labute approximate surface area is 75.5 Å². The highest BCUT2D eigenvalue weighted by molar-refractivity contribution is 8.14. The Bertz CT molecular complexity index is 326. The fourth-order valence-corrected chi connectivity index (χ4v) is 4.20. The molecule has 2 aliphatic heterocycles. The topological polar surface area (TPSA) is 43.4 Å². The predicted molar refractivity (Wildman–Crippen MR) is 43.4 cm³/mol. The van der Waals surface area contributed by atoms with Gasteiger partial charge in [0.1, 0.15) is 5.25 Å². The van der Waals surface area contributed by atoms with E-state index in [4.69, 9.17) is 15.4 Å². The van der Waals surface area contributed by atoms with E-state index in [9.17, 15) is 8.42 Å². The van der Waals surface area contributed by atoms with Crippen LogP contribution in [0.15, 0.2) is 0 Å². The van der Waals surface area contributed by atoms with Crippen molar-refractivity contribution in [2.45, 2.75) is 30.3 Å². The molecule has 3 aliphatic rings. The minimum Gasteiger partial charge on any atom is -0.373 e. The highest BCUT2D eigenvalue weighted by Gasteiger charge is 2.65. The van der Waals surface area contributed by atoms with Gasteiger partial charge in [-0.1, -0.05) is 0 Å². The first-order chi connectivity index (χ1) is 5.57. The SMILES string of the molecule is O=S(=O)(Cl)[C@@H]1C[C@@H]2O[C@@H]1[C@H]1C[C@H]12. The number of halogens is 1. The monoisotopic (exact) mass is 208 g/mol. The summed E-state index contributed by atoms with van der Waals surface area (Å²) in [4.78, 5) is 0. The number of hydrogen-bond donors (Lipinski definition) is 0. The third-order valence-corrected chi connectivity index (χ3v) is 5.19. The second-order valence-electron chi connectivity index (χ2n) is 3.95. The van der Waals surface area contributed by atoms with Gasteiger partial charge in [0.25, 0.3) is 0 Å². The third kappa shape index (κ3) is 0.833. The second-order valence-corrected chi connectivity index (χ2v) is 6.80. The van der Waals surface area contributed by atoms with E-state index in [2.05, 4.69) is 0 Å². The highest BCUT2D eigenvalue weighted by atomic mass is 35.7. The minimum atomic E-state index is -3.39. The summed E-state index contributed by atoms with van der Waals surface area (Å²) in [5.74, 6) is 1.16. The van der Waals surface area contributed by atoms with Crippen molar-refractivity contribution in [1.29, 1.82) is 0 Å². The average Bonchev–Trinajstić information content (AvgIpc) is 2.55. The minimum absolute atomic E-state index is 0.0810. The molecular formula is C7H9ClO3S. The highest BCUT2D eigenvalue weighted by Crippen LogP contribution is 2.60. The van der Waals surface area contributed by atoms with Crippen LogP contribution >= 0.6 is 10.7 Å². The zero-order valence-electron chi connectivity index (χ0n) is 6.31. The van der Waals surface area contributed by atoms with Crippen LogP contribution in [0.2, 0.25) is 0 Å². The summed E-state index contributed by atoms with van der Waals surface area (Å²) in [6.07, 6.45) is 1.89. The maximum absolute atomic E-state index is 11.1. The lowest BCUT2D eigenvalue weighted by Crippen LogP contribution is -2.30. The molecule has 3 rings (SSSR count). The van der Waals surface area contributed by atoms with E-state index in [0.717, 1.165) is 6.42 Å². The zero-order valence-corrected chi connectivity index (χ0v) is 7.88. The van der Waals surface area contributed by atoms with Crippen LogP contribution in [0.3, 0.4) is 0 Å². The molecule has 0 amide bonds. The molecule has 0 aromatic carbocycles. The van der Waals surface area contributed by atoms with Crippen LogP contribution in [0.25, 0.3) is 0 Å². The first-order valence-corrected chi connectivity index (χ1v) is 6.53. The van der Waals surface area contributed by atoms with Gasteiger partial charge in [-0.3, -0.25) is 0 Å². The van der Waals surface area contributed by atoms with Crippen molar-refractivity contribution in [1.82, 2.24) is 0 Å². The Morgan fingerprint density at radius 2 is 2.00 bits per heavy atom. The Balaban J connectivity index is 1.94. The molecule has 2 bridgehead atoms. The van der Waals surface area contributed by atoms with Crippen molar-refractivity contribution in [2.75, 3.05) is 0 Å². The van der Waals surface area contributed by atoms with E-state index in [-0.39, 0.29) is 12.2 Å². The smallest absolute Gasteiger partial charge is 0.238 e. The summed E-state index contributed by atoms with van der Waals surface area (Å²) in [5.41, 5.74) is 0. The lowest BCUT2D eigenvalue weighted by atomic mass is 10.0. The maximum atomic E-state index is 11.1. The summed E-state index contributed by atoms with van der Waals surface area (Å²) in [7, 11) is 1.92. The van der Waals surface area contributed by atoms with Gasteiger partial charge in [-0.15, -0.1) is 0 Å². The summed E-state index contributed by atoms with van der Waals surface area (Å²) in [5, 5.41) is -0.423. The van der Waals surface area contributed by atoms with Crippen LogP contribution in [0.5, 0.6) is 0 Å². The van der Waals surface area contributed by atoms with Crippen molar-refractivity contribution in [3.8, 4) is 0 Å². The normalized spacial score (nSPS) is 55.6. The van der Waals surface area contributed by atoms with Crippen molar-refractivity contribution in [3.63, 3.8) is 0 Å². The van der Waals surface area contributed by atoms with Gasteiger partial charge in [0, 0.05) is 10.7 Å². The molecule has 0 spiro atoms. The van der Waals surface area contributed by atoms with Crippen molar-refractivity contribution in [3.05, 3.63) is 0 Å². The number of fused-ring (bicyclic) bond motifs is 5. The lowest BCUT2D eigenvalue weighted by Gasteiger charge is -2.14. The zero-order chi connectivity index (χ0) is 8.51. The Hall–Kier alpha value is 0.200. The molecule has 68 valence electrons. The number of ether oxygens (including phenoxy) is 1. The van der Waals surface area contributed by atoms with Crippen LogP contribution in [0.4, 0.5) is 0 Å². The van der Waals surface area contributed by atoms with Gasteiger partial charge in [0.05, 0.1) is 12.2 Å². The first kappa shape index (κ1) is 7.59. The summed E-state index contributed by atoms with van der Waals surface area (Å²) in [6, 6.07) is 0. The number of hydrogen-bond acceptors (Lipinski definition) is 3. The molecule has 0 N–H and O–H groups in total. The van der Waals surface area contributed by atoms with E-state index in [1.165, 1.54) is 0 Å². The van der Waals surface area contributed by atoms with Gasteiger partial charge in [-0.05, 0) is 24.7 Å². The molecule has 2 saturated heterocycles. The Kier molecular flexibility index (Phi) is 1.26. The van der Waals surface area contributed by atoms with E-state index < -0.39 is 14.3 Å². The van der Waals surface area contributed by atoms with Gasteiger partial charge >= 0.3 is 0 Å². The van der Waals surface area contributed by atoms with Gasteiger partial charge in [0.15, 0.2) is 0 Å². The van der Waals surface area contributed by atoms with Crippen LogP contribution in [-0.2, 0) is 13.8 Å². The van der Waals surface area contributed by atoms with Crippen LogP contribution in [0.1, 0.15) is 12.8 Å². The lowest BCUT2D eigenvalue weighted by molar-refractivity contribution is 0.0733. The molecule has 0 aromatic heterocycles. The molecule has 0 radical (unpaired) electrons. The molecule has 0 aromatic rings. The molecule has 3 fully saturated rings. The number of rotatable bonds is 1. The van der Waals surface area contributed by atoms with Gasteiger partial charge in [-0.25, -0.2) is 8.42 Å². The quantitative estimate of drug-likeness (QED) is 0.597.